The molecule has 1 fully saturated rings. The van der Waals surface area contributed by atoms with Gasteiger partial charge in [-0.1, -0.05) is 0 Å². The van der Waals surface area contributed by atoms with Crippen LogP contribution < -0.4 is 16.1 Å². The number of carbonyl (C=O) groups is 1. The summed E-state index contributed by atoms with van der Waals surface area (Å²) < 4.78 is 7.28. The van der Waals surface area contributed by atoms with E-state index in [1.54, 1.807) is 21.9 Å². The van der Waals surface area contributed by atoms with Crippen LogP contribution in [-0.4, -0.2) is 51.3 Å². The van der Waals surface area contributed by atoms with Gasteiger partial charge in [0, 0.05) is 40.3 Å². The highest BCUT2D eigenvalue weighted by atomic mass is 16.3. The third kappa shape index (κ3) is 2.65. The van der Waals surface area contributed by atoms with E-state index in [0.717, 1.165) is 9.25 Å². The molecule has 0 saturated carbocycles. The number of anilines is 1. The number of piperazine rings is 1. The Morgan fingerprint density at radius 1 is 1.17 bits per heavy atom. The Morgan fingerprint density at radius 3 is 2.48 bits per heavy atom. The Labute approximate surface area is 131 Å². The second-order valence-electron chi connectivity index (χ2n) is 5.35. The minimum absolute atomic E-state index is 0.170. The molecule has 3 rings (SSSR count). The number of aryl methyl sites for hydroxylation is 1. The molecule has 0 aromatic carbocycles. The number of furan rings is 1. The smallest absolute Gasteiger partial charge is 0.346 e. The molecule has 1 saturated heterocycles. The van der Waals surface area contributed by atoms with Gasteiger partial charge in [-0.2, -0.15) is 0 Å². The summed E-state index contributed by atoms with van der Waals surface area (Å²) in [5.41, 5.74) is -0.899. The molecular weight excluding hydrogens is 302 g/mol. The Hall–Kier alpha value is -2.84. The van der Waals surface area contributed by atoms with Crippen LogP contribution in [0.4, 0.5) is 5.82 Å². The summed E-state index contributed by atoms with van der Waals surface area (Å²) in [6.45, 7) is 1.83. The number of hydrogen-bond donors (Lipinski definition) is 0. The van der Waals surface area contributed by atoms with E-state index in [-0.39, 0.29) is 11.7 Å². The molecule has 2 aromatic heterocycles. The topological polar surface area (TPSA) is 93.6 Å². The van der Waals surface area contributed by atoms with Crippen LogP contribution in [0, 0.1) is 0 Å². The van der Waals surface area contributed by atoms with Crippen LogP contribution in [-0.2, 0) is 14.1 Å². The maximum absolute atomic E-state index is 12.2. The third-order valence-corrected chi connectivity index (χ3v) is 3.90. The standard InChI is InChI=1S/C14H17N5O4/c1-16-13(21)11(15-17(2)14(16)22)18-5-7-19(8-6-18)12(20)10-4-3-9-23-10/h3-4,9H,5-8H2,1-2H3. The quantitative estimate of drug-likeness (QED) is 0.707. The molecule has 0 unspecified atom stereocenters. The van der Waals surface area contributed by atoms with Crippen LogP contribution in [0.2, 0.25) is 0 Å². The van der Waals surface area contributed by atoms with Gasteiger partial charge in [0.05, 0.1) is 6.26 Å². The Kier molecular flexibility index (Phi) is 3.77. The van der Waals surface area contributed by atoms with E-state index in [2.05, 4.69) is 5.10 Å². The molecule has 0 bridgehead atoms. The SMILES string of the molecule is Cn1nc(N2CCN(C(=O)c3ccco3)CC2)c(=O)n(C)c1=O. The molecule has 0 radical (unpaired) electrons. The highest BCUT2D eigenvalue weighted by Gasteiger charge is 2.26. The molecule has 1 aliphatic heterocycles. The van der Waals surface area contributed by atoms with Crippen LogP contribution in [0.3, 0.4) is 0 Å². The fourth-order valence-corrected chi connectivity index (χ4v) is 2.56. The van der Waals surface area contributed by atoms with E-state index in [1.165, 1.54) is 20.4 Å². The maximum atomic E-state index is 12.2. The second-order valence-corrected chi connectivity index (χ2v) is 5.35. The summed E-state index contributed by atoms with van der Waals surface area (Å²) >= 11 is 0. The number of carbonyl (C=O) groups excluding carboxylic acids is 1. The van der Waals surface area contributed by atoms with Gasteiger partial charge in [0.2, 0.25) is 5.82 Å². The van der Waals surface area contributed by atoms with Gasteiger partial charge in [-0.25, -0.2) is 9.48 Å². The van der Waals surface area contributed by atoms with Crippen molar-refractivity contribution in [3.05, 3.63) is 45.0 Å². The molecule has 122 valence electrons. The lowest BCUT2D eigenvalue weighted by Gasteiger charge is -2.34. The van der Waals surface area contributed by atoms with Crippen molar-refractivity contribution in [3.63, 3.8) is 0 Å². The number of amides is 1. The van der Waals surface area contributed by atoms with Gasteiger partial charge in [-0.05, 0) is 12.1 Å². The third-order valence-electron chi connectivity index (χ3n) is 3.90. The molecule has 0 N–H and O–H groups in total. The van der Waals surface area contributed by atoms with Gasteiger partial charge < -0.3 is 14.2 Å². The minimum atomic E-state index is -0.467. The van der Waals surface area contributed by atoms with Gasteiger partial charge in [0.15, 0.2) is 5.76 Å². The molecule has 1 amide bonds. The van der Waals surface area contributed by atoms with Gasteiger partial charge in [-0.15, -0.1) is 5.10 Å². The predicted molar refractivity (Wildman–Crippen MR) is 81.5 cm³/mol. The Morgan fingerprint density at radius 2 is 1.87 bits per heavy atom. The molecular formula is C14H17N5O4. The fraction of sp³-hybridized carbons (Fsp3) is 0.429. The van der Waals surface area contributed by atoms with Crippen molar-refractivity contribution in [2.75, 3.05) is 31.1 Å². The normalized spacial score (nSPS) is 15.0. The van der Waals surface area contributed by atoms with Crippen LogP contribution in [0.25, 0.3) is 0 Å². The van der Waals surface area contributed by atoms with Gasteiger partial charge >= 0.3 is 5.69 Å². The number of hydrogen-bond acceptors (Lipinski definition) is 6. The zero-order valence-corrected chi connectivity index (χ0v) is 12.9. The Balaban J connectivity index is 1.76. The van der Waals surface area contributed by atoms with Crippen molar-refractivity contribution in [1.82, 2.24) is 19.2 Å². The monoisotopic (exact) mass is 319 g/mol. The van der Waals surface area contributed by atoms with Crippen LogP contribution in [0.15, 0.2) is 32.4 Å². The van der Waals surface area contributed by atoms with E-state index in [4.69, 9.17) is 4.42 Å². The second kappa shape index (κ2) is 5.75. The first-order chi connectivity index (χ1) is 11.0. The van der Waals surface area contributed by atoms with Crippen LogP contribution in [0.5, 0.6) is 0 Å². The summed E-state index contributed by atoms with van der Waals surface area (Å²) in [5.74, 6) is 0.352. The summed E-state index contributed by atoms with van der Waals surface area (Å²) in [4.78, 5) is 39.5. The summed E-state index contributed by atoms with van der Waals surface area (Å²) in [6, 6.07) is 3.29. The average molecular weight is 319 g/mol. The molecule has 23 heavy (non-hydrogen) atoms. The van der Waals surface area contributed by atoms with Crippen LogP contribution >= 0.6 is 0 Å². The lowest BCUT2D eigenvalue weighted by atomic mass is 10.3. The first-order valence-electron chi connectivity index (χ1n) is 7.21. The molecule has 0 spiro atoms. The molecule has 1 aliphatic rings. The van der Waals surface area contributed by atoms with E-state index in [9.17, 15) is 14.4 Å². The molecule has 2 aromatic rings. The summed E-state index contributed by atoms with van der Waals surface area (Å²) in [6.07, 6.45) is 1.46. The zero-order valence-electron chi connectivity index (χ0n) is 12.9. The van der Waals surface area contributed by atoms with Crippen molar-refractivity contribution in [2.24, 2.45) is 14.1 Å². The van der Waals surface area contributed by atoms with Crippen molar-refractivity contribution < 1.29 is 9.21 Å². The van der Waals surface area contributed by atoms with Gasteiger partial charge in [0.25, 0.3) is 11.5 Å². The maximum Gasteiger partial charge on any atom is 0.346 e. The van der Waals surface area contributed by atoms with Crippen molar-refractivity contribution in [1.29, 1.82) is 0 Å². The van der Waals surface area contributed by atoms with Crippen molar-refractivity contribution >= 4 is 11.7 Å². The van der Waals surface area contributed by atoms with Crippen molar-refractivity contribution in [2.45, 2.75) is 0 Å². The molecule has 0 atom stereocenters. The van der Waals surface area contributed by atoms with Gasteiger partial charge in [-0.3, -0.25) is 14.2 Å². The predicted octanol–water partition coefficient (Wildman–Crippen LogP) is -0.966. The molecule has 3 heterocycles. The Bertz CT molecular complexity index is 828. The summed E-state index contributed by atoms with van der Waals surface area (Å²) in [7, 11) is 2.93. The van der Waals surface area contributed by atoms with Crippen LogP contribution in [0.1, 0.15) is 10.6 Å². The average Bonchev–Trinajstić information content (AvgIpc) is 3.10. The number of nitrogens with zero attached hydrogens (tertiary/aromatic N) is 5. The highest BCUT2D eigenvalue weighted by Crippen LogP contribution is 2.11. The van der Waals surface area contributed by atoms with Crippen molar-refractivity contribution in [3.8, 4) is 0 Å². The van der Waals surface area contributed by atoms with E-state index < -0.39 is 11.2 Å². The first kappa shape index (κ1) is 15.1. The summed E-state index contributed by atoms with van der Waals surface area (Å²) in [5, 5.41) is 4.05. The number of aromatic nitrogens is 3. The minimum Gasteiger partial charge on any atom is -0.459 e. The first-order valence-corrected chi connectivity index (χ1v) is 7.21. The lowest BCUT2D eigenvalue weighted by molar-refractivity contribution is 0.0714. The largest absolute Gasteiger partial charge is 0.459 e. The van der Waals surface area contributed by atoms with Gasteiger partial charge in [0.1, 0.15) is 0 Å². The lowest BCUT2D eigenvalue weighted by Crippen LogP contribution is -2.52. The molecule has 9 nitrogen and oxygen atoms in total. The van der Waals surface area contributed by atoms with E-state index in [0.29, 0.717) is 31.9 Å². The molecule has 9 heteroatoms. The highest BCUT2D eigenvalue weighted by molar-refractivity contribution is 5.91. The van der Waals surface area contributed by atoms with E-state index in [1.807, 2.05) is 0 Å². The zero-order chi connectivity index (χ0) is 16.6. The van der Waals surface area contributed by atoms with E-state index >= 15 is 0 Å². The molecule has 0 aliphatic carbocycles. The fourth-order valence-electron chi connectivity index (χ4n) is 2.56. The number of rotatable bonds is 2.